The highest BCUT2D eigenvalue weighted by atomic mass is 35.5. The first-order valence-corrected chi connectivity index (χ1v) is 11.5. The van der Waals surface area contributed by atoms with Crippen LogP contribution in [0.5, 0.6) is 0 Å². The molecule has 0 aliphatic heterocycles. The van der Waals surface area contributed by atoms with Crippen LogP contribution in [0.2, 0.25) is 5.02 Å². The summed E-state index contributed by atoms with van der Waals surface area (Å²) in [6.07, 6.45) is 5.25. The smallest absolute Gasteiger partial charge is 0.231 e. The minimum Gasteiger partial charge on any atom is -0.380 e. The van der Waals surface area contributed by atoms with Gasteiger partial charge in [0.05, 0.1) is 52.9 Å². The molecule has 35 heavy (non-hydrogen) atoms. The number of rotatable bonds is 7. The third-order valence-corrected chi connectivity index (χ3v) is 7.03. The monoisotopic (exact) mass is 503 g/mol. The van der Waals surface area contributed by atoms with Gasteiger partial charge in [0.1, 0.15) is 11.9 Å². The quantitative estimate of drug-likeness (QED) is 0.391. The van der Waals surface area contributed by atoms with Gasteiger partial charge in [0.15, 0.2) is 17.3 Å². The fourth-order valence-electron chi connectivity index (χ4n) is 4.14. The van der Waals surface area contributed by atoms with Crippen molar-refractivity contribution in [3.05, 3.63) is 35.6 Å². The Morgan fingerprint density at radius 2 is 2.11 bits per heavy atom. The largest absolute Gasteiger partial charge is 0.380 e. The molecule has 12 heteroatoms. The zero-order chi connectivity index (χ0) is 25.0. The van der Waals surface area contributed by atoms with Gasteiger partial charge in [0, 0.05) is 31.3 Å². The summed E-state index contributed by atoms with van der Waals surface area (Å²) < 4.78 is 35.9. The minimum absolute atomic E-state index is 0.0961. The van der Waals surface area contributed by atoms with Gasteiger partial charge in [0.25, 0.3) is 0 Å². The summed E-state index contributed by atoms with van der Waals surface area (Å²) in [4.78, 5) is 22.5. The number of likely N-dealkylation sites (N-methyl/N-ethyl adjacent to an activating group) is 1. The number of imidazole rings is 1. The normalized spacial score (nSPS) is 19.2. The van der Waals surface area contributed by atoms with Gasteiger partial charge in [-0.2, -0.15) is 5.10 Å². The molecule has 1 aliphatic carbocycles. The van der Waals surface area contributed by atoms with Crippen LogP contribution in [0.1, 0.15) is 20.3 Å². The lowest BCUT2D eigenvalue weighted by Gasteiger charge is -2.31. The summed E-state index contributed by atoms with van der Waals surface area (Å²) in [7, 11) is 3.37. The number of anilines is 2. The number of amides is 1. The van der Waals surface area contributed by atoms with Crippen LogP contribution >= 0.6 is 11.6 Å². The Balaban J connectivity index is 1.56. The first-order valence-electron chi connectivity index (χ1n) is 11.1. The maximum absolute atomic E-state index is 15.7. The molecule has 2 N–H and O–H groups in total. The summed E-state index contributed by atoms with van der Waals surface area (Å²) in [5.41, 5.74) is 1.97. The van der Waals surface area contributed by atoms with E-state index < -0.39 is 23.8 Å². The number of fused-ring (bicyclic) bond motifs is 2. The molecule has 1 saturated carbocycles. The van der Waals surface area contributed by atoms with Crippen LogP contribution in [0.25, 0.3) is 27.8 Å². The van der Waals surface area contributed by atoms with E-state index in [-0.39, 0.29) is 35.1 Å². The lowest BCUT2D eigenvalue weighted by atomic mass is 10.0. The topological polar surface area (TPSA) is 100 Å². The number of H-pyrrole nitrogens is 1. The number of aromatic nitrogens is 5. The zero-order valence-electron chi connectivity index (χ0n) is 19.5. The molecule has 0 spiro atoms. The van der Waals surface area contributed by atoms with Crippen LogP contribution < -0.4 is 10.2 Å². The Hall–Kier alpha value is -3.31. The predicted octanol–water partition coefficient (Wildman–Crippen LogP) is 4.22. The van der Waals surface area contributed by atoms with Crippen molar-refractivity contribution in [2.45, 2.75) is 38.6 Å². The van der Waals surface area contributed by atoms with E-state index in [1.165, 1.54) is 6.20 Å². The molecule has 0 bridgehead atoms. The molecule has 0 radical (unpaired) electrons. The second-order valence-electron chi connectivity index (χ2n) is 8.81. The molecule has 5 rings (SSSR count). The Kier molecular flexibility index (Phi) is 5.84. The summed E-state index contributed by atoms with van der Waals surface area (Å²) in [6.45, 7) is 3.83. The van der Waals surface area contributed by atoms with E-state index in [2.05, 4.69) is 25.5 Å². The van der Waals surface area contributed by atoms with E-state index in [1.54, 1.807) is 42.0 Å². The first-order chi connectivity index (χ1) is 16.7. The molecule has 184 valence electrons. The molecule has 4 atom stereocenters. The van der Waals surface area contributed by atoms with E-state index in [9.17, 15) is 9.18 Å². The van der Waals surface area contributed by atoms with Crippen LogP contribution in [-0.2, 0) is 9.53 Å². The summed E-state index contributed by atoms with van der Waals surface area (Å²) in [5, 5.41) is 10.1. The van der Waals surface area contributed by atoms with Crippen molar-refractivity contribution in [3.63, 3.8) is 0 Å². The number of ether oxygens (including phenoxy) is 1. The van der Waals surface area contributed by atoms with Gasteiger partial charge in [-0.3, -0.25) is 14.9 Å². The number of aromatic amines is 1. The Labute approximate surface area is 204 Å². The van der Waals surface area contributed by atoms with E-state index in [0.717, 1.165) is 0 Å². The van der Waals surface area contributed by atoms with Crippen molar-refractivity contribution in [1.82, 2.24) is 24.6 Å². The van der Waals surface area contributed by atoms with E-state index in [1.807, 2.05) is 13.8 Å². The zero-order valence-corrected chi connectivity index (χ0v) is 20.3. The molecule has 1 amide bonds. The van der Waals surface area contributed by atoms with Crippen LogP contribution in [0.15, 0.2) is 24.8 Å². The maximum atomic E-state index is 15.7. The molecule has 0 saturated heterocycles. The lowest BCUT2D eigenvalue weighted by molar-refractivity contribution is -0.117. The predicted molar refractivity (Wildman–Crippen MR) is 129 cm³/mol. The van der Waals surface area contributed by atoms with Crippen molar-refractivity contribution in [1.29, 1.82) is 0 Å². The average Bonchev–Trinajstić information content (AvgIpc) is 3.19. The number of benzene rings is 1. The SMILES string of the molecule is CO[C@H](C)[C@@H](C)N(C)c1c(F)c(Cl)c(-c2cn3cc(NC(=O)C4CC4F)nc3cn2)c2cn[nH]c12. The first kappa shape index (κ1) is 23.4. The fraction of sp³-hybridized carbons (Fsp3) is 0.391. The standard InChI is InChI=1S/C23H24ClF2N7O2/c1-10(11(2)35-4)32(3)22-20(26)19(24)18(13-6-28-31-21(13)22)15-8-33-9-16(29-17(33)7-27-15)30-23(34)12-5-14(12)25/h6-12,14H,5H2,1-4H3,(H,28,31)(H,30,34)/t10-,11-,12?,14?/m1/s1. The van der Waals surface area contributed by atoms with Gasteiger partial charge in [-0.05, 0) is 20.3 Å². The van der Waals surface area contributed by atoms with Gasteiger partial charge in [0.2, 0.25) is 5.91 Å². The number of nitrogens with one attached hydrogen (secondary N) is 2. The number of carbonyl (C=O) groups is 1. The summed E-state index contributed by atoms with van der Waals surface area (Å²) in [6, 6.07) is -0.153. The van der Waals surface area contributed by atoms with Crippen LogP contribution in [0, 0.1) is 11.7 Å². The van der Waals surface area contributed by atoms with E-state index in [0.29, 0.717) is 27.8 Å². The number of carbonyl (C=O) groups excluding carboxylic acids is 1. The van der Waals surface area contributed by atoms with E-state index in [4.69, 9.17) is 16.3 Å². The number of methoxy groups -OCH3 is 1. The van der Waals surface area contributed by atoms with Gasteiger partial charge < -0.3 is 19.4 Å². The molecular formula is C23H24ClF2N7O2. The Morgan fingerprint density at radius 1 is 1.37 bits per heavy atom. The molecule has 2 unspecified atom stereocenters. The van der Waals surface area contributed by atoms with Crippen molar-refractivity contribution < 1.29 is 18.3 Å². The highest BCUT2D eigenvalue weighted by molar-refractivity contribution is 6.35. The Bertz CT molecular complexity index is 1440. The molecule has 9 nitrogen and oxygen atoms in total. The van der Waals surface area contributed by atoms with Crippen molar-refractivity contribution in [2.75, 3.05) is 24.4 Å². The molecule has 1 aliphatic rings. The minimum atomic E-state index is -1.10. The molecule has 4 aromatic rings. The van der Waals surface area contributed by atoms with Crippen LogP contribution in [0.4, 0.5) is 20.3 Å². The number of hydrogen-bond donors (Lipinski definition) is 2. The molecular weight excluding hydrogens is 480 g/mol. The third-order valence-electron chi connectivity index (χ3n) is 6.68. The van der Waals surface area contributed by atoms with Gasteiger partial charge in [-0.25, -0.2) is 13.8 Å². The van der Waals surface area contributed by atoms with Gasteiger partial charge >= 0.3 is 0 Å². The summed E-state index contributed by atoms with van der Waals surface area (Å²) >= 11 is 6.58. The second kappa shape index (κ2) is 8.72. The van der Waals surface area contributed by atoms with Crippen molar-refractivity contribution >= 4 is 45.6 Å². The lowest BCUT2D eigenvalue weighted by Crippen LogP contribution is -2.39. The number of hydrogen-bond acceptors (Lipinski definition) is 6. The van der Waals surface area contributed by atoms with E-state index >= 15 is 4.39 Å². The number of halogens is 3. The molecule has 3 aromatic heterocycles. The summed E-state index contributed by atoms with van der Waals surface area (Å²) in [5.74, 6) is -1.37. The second-order valence-corrected chi connectivity index (χ2v) is 9.19. The molecule has 1 aromatic carbocycles. The molecule has 1 fully saturated rings. The molecule has 3 heterocycles. The highest BCUT2D eigenvalue weighted by Crippen LogP contribution is 2.42. The van der Waals surface area contributed by atoms with Crippen molar-refractivity contribution in [3.8, 4) is 11.3 Å². The maximum Gasteiger partial charge on any atom is 0.231 e. The van der Waals surface area contributed by atoms with Crippen LogP contribution in [-0.4, -0.2) is 62.9 Å². The number of nitrogens with zero attached hydrogens (tertiary/aromatic N) is 5. The van der Waals surface area contributed by atoms with Gasteiger partial charge in [-0.15, -0.1) is 0 Å². The average molecular weight is 504 g/mol. The number of alkyl halides is 1. The Morgan fingerprint density at radius 3 is 2.80 bits per heavy atom. The fourth-order valence-corrected chi connectivity index (χ4v) is 4.43. The highest BCUT2D eigenvalue weighted by Gasteiger charge is 2.43. The van der Waals surface area contributed by atoms with Crippen LogP contribution in [0.3, 0.4) is 0 Å². The third kappa shape index (κ3) is 3.98. The van der Waals surface area contributed by atoms with Gasteiger partial charge in [-0.1, -0.05) is 11.6 Å². The van der Waals surface area contributed by atoms with Crippen molar-refractivity contribution in [2.24, 2.45) is 5.92 Å².